The van der Waals surface area contributed by atoms with E-state index in [2.05, 4.69) is 0 Å². The fourth-order valence-corrected chi connectivity index (χ4v) is 2.59. The second kappa shape index (κ2) is 5.92. The molecule has 1 aliphatic heterocycles. The minimum Gasteiger partial charge on any atom is -0.480 e. The minimum absolute atomic E-state index is 0.183. The zero-order valence-electron chi connectivity index (χ0n) is 12.2. The highest BCUT2D eigenvalue weighted by Gasteiger charge is 2.33. The van der Waals surface area contributed by atoms with Crippen molar-refractivity contribution >= 4 is 29.2 Å². The number of para-hydroxylation sites is 2. The number of carboxylic acid groups (broad SMARTS) is 1. The van der Waals surface area contributed by atoms with Gasteiger partial charge in [0.15, 0.2) is 0 Å². The van der Waals surface area contributed by atoms with E-state index >= 15 is 0 Å². The lowest BCUT2D eigenvalue weighted by molar-refractivity contribution is -0.136. The van der Waals surface area contributed by atoms with Crippen molar-refractivity contribution in [1.82, 2.24) is 0 Å². The molecule has 0 aromatic heterocycles. The molecule has 0 radical (unpaired) electrons. The summed E-state index contributed by atoms with van der Waals surface area (Å²) >= 11 is 0. The summed E-state index contributed by atoms with van der Waals surface area (Å²) in [5, 5.41) is 8.99. The lowest BCUT2D eigenvalue weighted by Crippen LogP contribution is -2.49. The number of rotatable bonds is 3. The Balaban J connectivity index is 2.02. The molecular weight excluding hydrogens is 296 g/mol. The number of nitrogens with zero attached hydrogens (tertiary/aromatic N) is 2. The standard InChI is InChI=1S/C17H14N2O4/c20-15-10-19(17(23)12-6-2-1-3-7-12)14-9-5-4-8-13(14)18(15)11-16(21)22/h1-9H,10-11H2,(H,21,22). The lowest BCUT2D eigenvalue weighted by atomic mass is 10.1. The largest absolute Gasteiger partial charge is 0.480 e. The van der Waals surface area contributed by atoms with Crippen LogP contribution >= 0.6 is 0 Å². The predicted molar refractivity (Wildman–Crippen MR) is 84.5 cm³/mol. The Labute approximate surface area is 132 Å². The molecule has 1 heterocycles. The van der Waals surface area contributed by atoms with E-state index in [1.54, 1.807) is 54.6 Å². The van der Waals surface area contributed by atoms with Crippen LogP contribution in [0.2, 0.25) is 0 Å². The van der Waals surface area contributed by atoms with Gasteiger partial charge in [0.2, 0.25) is 5.91 Å². The van der Waals surface area contributed by atoms with E-state index in [0.717, 1.165) is 0 Å². The summed E-state index contributed by atoms with van der Waals surface area (Å²) in [6.45, 7) is -0.610. The summed E-state index contributed by atoms with van der Waals surface area (Å²) in [5.41, 5.74) is 1.43. The number of hydrogen-bond acceptors (Lipinski definition) is 3. The summed E-state index contributed by atoms with van der Waals surface area (Å²) < 4.78 is 0. The van der Waals surface area contributed by atoms with E-state index < -0.39 is 18.4 Å². The van der Waals surface area contributed by atoms with Gasteiger partial charge in [-0.15, -0.1) is 0 Å². The zero-order chi connectivity index (χ0) is 16.4. The molecule has 2 aromatic rings. The quantitative estimate of drug-likeness (QED) is 0.937. The second-order valence-electron chi connectivity index (χ2n) is 5.12. The Morgan fingerprint density at radius 1 is 0.957 bits per heavy atom. The summed E-state index contributed by atoms with van der Waals surface area (Å²) in [4.78, 5) is 38.5. The molecule has 6 heteroatoms. The average Bonchev–Trinajstić information content (AvgIpc) is 2.57. The molecule has 0 bridgehead atoms. The number of aliphatic carboxylic acids is 1. The highest BCUT2D eigenvalue weighted by molar-refractivity contribution is 6.16. The lowest BCUT2D eigenvalue weighted by Gasteiger charge is -2.35. The normalized spacial score (nSPS) is 13.7. The third kappa shape index (κ3) is 2.78. The molecule has 1 aliphatic rings. The molecule has 0 spiro atoms. The first-order valence-corrected chi connectivity index (χ1v) is 7.06. The fourth-order valence-electron chi connectivity index (χ4n) is 2.59. The van der Waals surface area contributed by atoms with E-state index in [4.69, 9.17) is 5.11 Å². The molecule has 3 rings (SSSR count). The van der Waals surface area contributed by atoms with Crippen LogP contribution in [0.4, 0.5) is 11.4 Å². The Bertz CT molecular complexity index is 773. The Hall–Kier alpha value is -3.15. The van der Waals surface area contributed by atoms with Gasteiger partial charge in [0, 0.05) is 5.56 Å². The van der Waals surface area contributed by atoms with Gasteiger partial charge in [-0.1, -0.05) is 30.3 Å². The first-order valence-electron chi connectivity index (χ1n) is 7.06. The molecule has 0 unspecified atom stereocenters. The molecule has 2 amide bonds. The third-order valence-corrected chi connectivity index (χ3v) is 3.62. The van der Waals surface area contributed by atoms with Crippen molar-refractivity contribution in [3.05, 3.63) is 60.2 Å². The Morgan fingerprint density at radius 3 is 2.22 bits per heavy atom. The SMILES string of the molecule is O=C(O)CN1C(=O)CN(C(=O)c2ccccc2)c2ccccc21. The molecule has 6 nitrogen and oxygen atoms in total. The second-order valence-corrected chi connectivity index (χ2v) is 5.12. The number of hydrogen-bond donors (Lipinski definition) is 1. The maximum Gasteiger partial charge on any atom is 0.323 e. The van der Waals surface area contributed by atoms with Gasteiger partial charge in [-0.2, -0.15) is 0 Å². The van der Waals surface area contributed by atoms with Gasteiger partial charge in [0.05, 0.1) is 11.4 Å². The van der Waals surface area contributed by atoms with E-state index in [1.165, 1.54) is 9.80 Å². The van der Waals surface area contributed by atoms with E-state index in [0.29, 0.717) is 16.9 Å². The van der Waals surface area contributed by atoms with E-state index in [-0.39, 0.29) is 12.5 Å². The van der Waals surface area contributed by atoms with Crippen LogP contribution < -0.4 is 9.80 Å². The number of benzene rings is 2. The van der Waals surface area contributed by atoms with Crippen molar-refractivity contribution in [2.75, 3.05) is 22.9 Å². The molecule has 1 N–H and O–H groups in total. The number of carbonyl (C=O) groups is 3. The number of anilines is 2. The van der Waals surface area contributed by atoms with Crippen molar-refractivity contribution in [1.29, 1.82) is 0 Å². The summed E-state index contributed by atoms with van der Waals surface area (Å²) in [7, 11) is 0. The van der Waals surface area contributed by atoms with Crippen molar-refractivity contribution in [3.8, 4) is 0 Å². The van der Waals surface area contributed by atoms with E-state index in [9.17, 15) is 14.4 Å². The predicted octanol–water partition coefficient (Wildman–Crippen LogP) is 1.76. The molecule has 116 valence electrons. The van der Waals surface area contributed by atoms with Gasteiger partial charge >= 0.3 is 5.97 Å². The number of fused-ring (bicyclic) bond motifs is 1. The van der Waals surface area contributed by atoms with Gasteiger partial charge in [-0.05, 0) is 24.3 Å². The summed E-state index contributed by atoms with van der Waals surface area (Å²) in [5.74, 6) is -1.81. The number of amides is 2. The van der Waals surface area contributed by atoms with Crippen molar-refractivity contribution in [2.24, 2.45) is 0 Å². The van der Waals surface area contributed by atoms with Gasteiger partial charge in [0.25, 0.3) is 5.91 Å². The first kappa shape index (κ1) is 14.8. The zero-order valence-corrected chi connectivity index (χ0v) is 12.2. The van der Waals surface area contributed by atoms with Crippen LogP contribution in [0.3, 0.4) is 0 Å². The smallest absolute Gasteiger partial charge is 0.323 e. The van der Waals surface area contributed by atoms with E-state index in [1.807, 2.05) is 0 Å². The van der Waals surface area contributed by atoms with Gasteiger partial charge in [0.1, 0.15) is 13.1 Å². The van der Waals surface area contributed by atoms with Crippen LogP contribution in [0, 0.1) is 0 Å². The van der Waals surface area contributed by atoms with Crippen molar-refractivity contribution in [2.45, 2.75) is 0 Å². The number of carbonyl (C=O) groups excluding carboxylic acids is 2. The summed E-state index contributed by atoms with van der Waals surface area (Å²) in [6.07, 6.45) is 0. The van der Waals surface area contributed by atoms with Crippen LogP contribution in [-0.2, 0) is 9.59 Å². The highest BCUT2D eigenvalue weighted by atomic mass is 16.4. The molecule has 2 aromatic carbocycles. The molecule has 0 saturated heterocycles. The van der Waals surface area contributed by atoms with Gasteiger partial charge in [-0.25, -0.2) is 0 Å². The van der Waals surface area contributed by atoms with Crippen LogP contribution in [0.15, 0.2) is 54.6 Å². The average molecular weight is 310 g/mol. The number of carboxylic acids is 1. The Kier molecular flexibility index (Phi) is 3.80. The topological polar surface area (TPSA) is 77.9 Å². The molecule has 0 saturated carbocycles. The Morgan fingerprint density at radius 2 is 1.57 bits per heavy atom. The van der Waals surface area contributed by atoms with Crippen molar-refractivity contribution in [3.63, 3.8) is 0 Å². The molecule has 23 heavy (non-hydrogen) atoms. The van der Waals surface area contributed by atoms with Gasteiger partial charge in [-0.3, -0.25) is 24.2 Å². The molecular formula is C17H14N2O4. The molecule has 0 atom stereocenters. The molecule has 0 aliphatic carbocycles. The van der Waals surface area contributed by atoms with Gasteiger partial charge < -0.3 is 5.11 Å². The first-order chi connectivity index (χ1) is 11.1. The van der Waals surface area contributed by atoms with Crippen LogP contribution in [0.25, 0.3) is 0 Å². The third-order valence-electron chi connectivity index (χ3n) is 3.62. The monoisotopic (exact) mass is 310 g/mol. The maximum absolute atomic E-state index is 12.7. The van der Waals surface area contributed by atoms with Crippen molar-refractivity contribution < 1.29 is 19.5 Å². The summed E-state index contributed by atoms with van der Waals surface area (Å²) in [6, 6.07) is 15.5. The van der Waals surface area contributed by atoms with Crippen LogP contribution in [0.1, 0.15) is 10.4 Å². The van der Waals surface area contributed by atoms with Crippen LogP contribution in [0.5, 0.6) is 0 Å². The minimum atomic E-state index is -1.10. The maximum atomic E-state index is 12.7. The molecule has 0 fully saturated rings. The highest BCUT2D eigenvalue weighted by Crippen LogP contribution is 2.34. The van der Waals surface area contributed by atoms with Crippen LogP contribution in [-0.4, -0.2) is 36.0 Å². The fraction of sp³-hybridized carbons (Fsp3) is 0.118.